The van der Waals surface area contributed by atoms with E-state index in [9.17, 15) is 4.79 Å². The van der Waals surface area contributed by atoms with Gasteiger partial charge in [0.25, 0.3) is 0 Å². The summed E-state index contributed by atoms with van der Waals surface area (Å²) < 4.78 is 1.62. The van der Waals surface area contributed by atoms with E-state index in [0.29, 0.717) is 18.7 Å². The van der Waals surface area contributed by atoms with Crippen LogP contribution in [0.5, 0.6) is 0 Å². The van der Waals surface area contributed by atoms with Crippen molar-refractivity contribution in [3.8, 4) is 0 Å². The number of aromatic nitrogens is 4. The molecule has 6 nitrogen and oxygen atoms in total. The first kappa shape index (κ1) is 13.7. The first-order valence-corrected chi connectivity index (χ1v) is 7.12. The number of hydrogen-bond donors (Lipinski definition) is 1. The molecule has 0 atom stereocenters. The molecule has 0 aliphatic heterocycles. The standard InChI is InChI=1S/C12H16N4O2S/c1-3-5-10-13-8(7-19-10)6-16-9(4-2)11(12(17)18)14-15-16/h7H,3-6H2,1-2H3,(H,17,18). The molecule has 0 saturated carbocycles. The molecule has 0 fully saturated rings. The molecular formula is C12H16N4O2S. The number of hydrogen-bond acceptors (Lipinski definition) is 5. The molecule has 0 radical (unpaired) electrons. The van der Waals surface area contributed by atoms with E-state index in [1.54, 1.807) is 16.0 Å². The second-order valence-electron chi connectivity index (χ2n) is 4.18. The molecule has 1 N–H and O–H groups in total. The quantitative estimate of drug-likeness (QED) is 0.875. The van der Waals surface area contributed by atoms with Gasteiger partial charge in [-0.15, -0.1) is 16.4 Å². The third-order valence-corrected chi connectivity index (χ3v) is 3.71. The van der Waals surface area contributed by atoms with E-state index in [-0.39, 0.29) is 5.69 Å². The topological polar surface area (TPSA) is 80.9 Å². The van der Waals surface area contributed by atoms with E-state index >= 15 is 0 Å². The molecule has 102 valence electrons. The predicted molar refractivity (Wildman–Crippen MR) is 71.6 cm³/mol. The van der Waals surface area contributed by atoms with Gasteiger partial charge in [0.15, 0.2) is 5.69 Å². The van der Waals surface area contributed by atoms with Gasteiger partial charge in [0.1, 0.15) is 0 Å². The first-order chi connectivity index (χ1) is 9.15. The van der Waals surface area contributed by atoms with Crippen LogP contribution in [-0.2, 0) is 19.4 Å². The van der Waals surface area contributed by atoms with Crippen LogP contribution in [0.1, 0.15) is 47.2 Å². The van der Waals surface area contributed by atoms with Crippen molar-refractivity contribution >= 4 is 17.3 Å². The normalized spacial score (nSPS) is 10.8. The molecule has 2 aromatic rings. The number of nitrogens with zero attached hydrogens (tertiary/aromatic N) is 4. The summed E-state index contributed by atoms with van der Waals surface area (Å²) in [5.41, 5.74) is 1.58. The number of rotatable bonds is 6. The van der Waals surface area contributed by atoms with Crippen LogP contribution in [0.2, 0.25) is 0 Å². The summed E-state index contributed by atoms with van der Waals surface area (Å²) in [6, 6.07) is 0. The molecule has 2 heterocycles. The number of carbonyl (C=O) groups is 1. The van der Waals surface area contributed by atoms with E-state index in [4.69, 9.17) is 5.11 Å². The molecule has 2 aromatic heterocycles. The second-order valence-corrected chi connectivity index (χ2v) is 5.13. The fourth-order valence-electron chi connectivity index (χ4n) is 1.88. The fraction of sp³-hybridized carbons (Fsp3) is 0.500. The Labute approximate surface area is 115 Å². The van der Waals surface area contributed by atoms with Crippen LogP contribution < -0.4 is 0 Å². The smallest absolute Gasteiger partial charge is 0.358 e. The highest BCUT2D eigenvalue weighted by Crippen LogP contribution is 2.14. The van der Waals surface area contributed by atoms with Crippen molar-refractivity contribution in [1.82, 2.24) is 20.0 Å². The van der Waals surface area contributed by atoms with E-state index in [0.717, 1.165) is 23.5 Å². The van der Waals surface area contributed by atoms with E-state index in [1.165, 1.54) is 0 Å². The number of aromatic carboxylic acids is 1. The van der Waals surface area contributed by atoms with Crippen molar-refractivity contribution < 1.29 is 9.90 Å². The van der Waals surface area contributed by atoms with Gasteiger partial charge in [0.05, 0.1) is 22.9 Å². The Bertz CT molecular complexity index is 576. The molecule has 0 aliphatic carbocycles. The van der Waals surface area contributed by atoms with Gasteiger partial charge in [-0.05, 0) is 19.3 Å². The maximum atomic E-state index is 11.0. The van der Waals surface area contributed by atoms with Crippen LogP contribution in [0.15, 0.2) is 5.38 Å². The maximum Gasteiger partial charge on any atom is 0.358 e. The lowest BCUT2D eigenvalue weighted by Gasteiger charge is -2.02. The molecule has 2 rings (SSSR count). The van der Waals surface area contributed by atoms with Gasteiger partial charge in [0, 0.05) is 5.38 Å². The first-order valence-electron chi connectivity index (χ1n) is 6.24. The van der Waals surface area contributed by atoms with Crippen LogP contribution in [0.3, 0.4) is 0 Å². The van der Waals surface area contributed by atoms with Gasteiger partial charge in [-0.3, -0.25) is 0 Å². The largest absolute Gasteiger partial charge is 0.476 e. The second kappa shape index (κ2) is 5.92. The Morgan fingerprint density at radius 2 is 2.26 bits per heavy atom. The molecule has 0 bridgehead atoms. The van der Waals surface area contributed by atoms with Crippen LogP contribution in [0.25, 0.3) is 0 Å². The zero-order valence-corrected chi connectivity index (χ0v) is 11.8. The van der Waals surface area contributed by atoms with Crippen LogP contribution in [-0.4, -0.2) is 31.1 Å². The van der Waals surface area contributed by atoms with Crippen LogP contribution in [0.4, 0.5) is 0 Å². The third-order valence-electron chi connectivity index (χ3n) is 2.75. The molecule has 19 heavy (non-hydrogen) atoms. The van der Waals surface area contributed by atoms with Crippen LogP contribution in [0, 0.1) is 0 Å². The summed E-state index contributed by atoms with van der Waals surface area (Å²) in [6.45, 7) is 4.49. The monoisotopic (exact) mass is 280 g/mol. The molecule has 7 heteroatoms. The van der Waals surface area contributed by atoms with E-state index < -0.39 is 5.97 Å². The molecule has 0 aromatic carbocycles. The SMILES string of the molecule is CCCc1nc(Cn2nnc(C(=O)O)c2CC)cs1. The lowest BCUT2D eigenvalue weighted by Crippen LogP contribution is -2.08. The number of aryl methyl sites for hydroxylation is 1. The summed E-state index contributed by atoms with van der Waals surface area (Å²) in [5.74, 6) is -1.03. The van der Waals surface area contributed by atoms with Crippen molar-refractivity contribution in [3.05, 3.63) is 27.5 Å². The Balaban J connectivity index is 2.20. The van der Waals surface area contributed by atoms with Gasteiger partial charge in [-0.1, -0.05) is 19.1 Å². The van der Waals surface area contributed by atoms with Gasteiger partial charge >= 0.3 is 5.97 Å². The average molecular weight is 280 g/mol. The van der Waals surface area contributed by atoms with Crippen molar-refractivity contribution in [3.63, 3.8) is 0 Å². The minimum absolute atomic E-state index is 0.0338. The molecule has 0 aliphatic rings. The summed E-state index contributed by atoms with van der Waals surface area (Å²) in [6.07, 6.45) is 2.63. The molecule has 0 unspecified atom stereocenters. The Morgan fingerprint density at radius 1 is 1.47 bits per heavy atom. The fourth-order valence-corrected chi connectivity index (χ4v) is 2.77. The summed E-state index contributed by atoms with van der Waals surface area (Å²) in [4.78, 5) is 15.5. The van der Waals surface area contributed by atoms with E-state index in [2.05, 4.69) is 22.2 Å². The summed E-state index contributed by atoms with van der Waals surface area (Å²) in [5, 5.41) is 19.7. The number of carboxylic acid groups (broad SMARTS) is 1. The zero-order valence-electron chi connectivity index (χ0n) is 11.0. The Hall–Kier alpha value is -1.76. The maximum absolute atomic E-state index is 11.0. The molecule has 0 amide bonds. The molecule has 0 spiro atoms. The number of thiazole rings is 1. The van der Waals surface area contributed by atoms with E-state index in [1.807, 2.05) is 12.3 Å². The van der Waals surface area contributed by atoms with Gasteiger partial charge in [-0.25, -0.2) is 14.5 Å². The minimum Gasteiger partial charge on any atom is -0.476 e. The van der Waals surface area contributed by atoms with Crippen LogP contribution >= 0.6 is 11.3 Å². The van der Waals surface area contributed by atoms with Crippen molar-refractivity contribution in [2.75, 3.05) is 0 Å². The highest BCUT2D eigenvalue weighted by atomic mass is 32.1. The van der Waals surface area contributed by atoms with Crippen molar-refractivity contribution in [1.29, 1.82) is 0 Å². The highest BCUT2D eigenvalue weighted by Gasteiger charge is 2.17. The lowest BCUT2D eigenvalue weighted by atomic mass is 10.2. The average Bonchev–Trinajstić information content (AvgIpc) is 2.97. The van der Waals surface area contributed by atoms with Crippen molar-refractivity contribution in [2.24, 2.45) is 0 Å². The van der Waals surface area contributed by atoms with Crippen molar-refractivity contribution in [2.45, 2.75) is 39.7 Å². The predicted octanol–water partition coefficient (Wildman–Crippen LogP) is 2.00. The molecule has 0 saturated heterocycles. The minimum atomic E-state index is -1.03. The highest BCUT2D eigenvalue weighted by molar-refractivity contribution is 7.09. The lowest BCUT2D eigenvalue weighted by molar-refractivity contribution is 0.0689. The third kappa shape index (κ3) is 2.98. The number of carboxylic acids is 1. The summed E-state index contributed by atoms with van der Waals surface area (Å²) in [7, 11) is 0. The van der Waals surface area contributed by atoms with Gasteiger partial charge in [0.2, 0.25) is 0 Å². The zero-order chi connectivity index (χ0) is 13.8. The summed E-state index contributed by atoms with van der Waals surface area (Å²) >= 11 is 1.63. The van der Waals surface area contributed by atoms with Gasteiger partial charge in [-0.2, -0.15) is 0 Å². The Morgan fingerprint density at radius 3 is 2.89 bits per heavy atom. The Kier molecular flexibility index (Phi) is 4.26. The molecular weight excluding hydrogens is 264 g/mol. The van der Waals surface area contributed by atoms with Gasteiger partial charge < -0.3 is 5.11 Å².